The fourth-order valence-electron chi connectivity index (χ4n) is 1.08. The highest BCUT2D eigenvalue weighted by Crippen LogP contribution is 2.06. The summed E-state index contributed by atoms with van der Waals surface area (Å²) in [4.78, 5) is 0. The molecule has 1 aromatic rings. The average Bonchev–Trinajstić information content (AvgIpc) is 2.17. The molecule has 0 aliphatic rings. The maximum absolute atomic E-state index is 12.6. The lowest BCUT2D eigenvalue weighted by atomic mass is 10.2. The molecule has 0 aliphatic carbocycles. The van der Waals surface area contributed by atoms with Crippen LogP contribution in [-0.4, -0.2) is 32.6 Å². The van der Waals surface area contributed by atoms with Crippen molar-refractivity contribution in [1.29, 1.82) is 0 Å². The van der Waals surface area contributed by atoms with Crippen LogP contribution in [0.5, 0.6) is 0 Å². The van der Waals surface area contributed by atoms with Gasteiger partial charge in [0.25, 0.3) is 0 Å². The fraction of sp³-hybridized carbons (Fsp3) is 0.400. The first-order valence-electron chi connectivity index (χ1n) is 4.56. The van der Waals surface area contributed by atoms with Gasteiger partial charge in [-0.05, 0) is 24.1 Å². The van der Waals surface area contributed by atoms with Crippen LogP contribution >= 0.6 is 0 Å². The third-order valence-corrected chi connectivity index (χ3v) is 3.95. The van der Waals surface area contributed by atoms with E-state index in [1.807, 2.05) is 0 Å². The molecule has 0 amide bonds. The molecule has 1 rings (SSSR count). The van der Waals surface area contributed by atoms with E-state index >= 15 is 0 Å². The van der Waals surface area contributed by atoms with Crippen molar-refractivity contribution in [1.82, 2.24) is 4.31 Å². The largest absolute Gasteiger partial charge is 0.213 e. The third kappa shape index (κ3) is 3.60. The molecule has 0 aliphatic heterocycles. The number of aryl methyl sites for hydroxylation is 1. The topological polar surface area (TPSA) is 37.4 Å². The molecule has 3 nitrogen and oxygen atoms in total. The third-order valence-electron chi connectivity index (χ3n) is 2.12. The van der Waals surface area contributed by atoms with Crippen LogP contribution in [0.15, 0.2) is 24.3 Å². The first kappa shape index (κ1) is 12.1. The highest BCUT2D eigenvalue weighted by Gasteiger charge is 2.12. The molecule has 1 aromatic carbocycles. The van der Waals surface area contributed by atoms with Gasteiger partial charge in [-0.15, -0.1) is 0 Å². The second-order valence-corrected chi connectivity index (χ2v) is 5.78. The van der Waals surface area contributed by atoms with Gasteiger partial charge in [0.15, 0.2) is 0 Å². The standard InChI is InChI=1S/C10H14FNO2S/c1-12(2)15(13,14)8-7-9-3-5-10(11)6-4-9/h3-6H,7-8H2,1-2H3. The van der Waals surface area contributed by atoms with Crippen molar-refractivity contribution in [3.05, 3.63) is 35.6 Å². The van der Waals surface area contributed by atoms with Crippen LogP contribution in [0.1, 0.15) is 5.56 Å². The van der Waals surface area contributed by atoms with Gasteiger partial charge in [0.05, 0.1) is 5.75 Å². The van der Waals surface area contributed by atoms with Gasteiger partial charge in [-0.1, -0.05) is 12.1 Å². The molecule has 0 aromatic heterocycles. The zero-order chi connectivity index (χ0) is 11.5. The number of benzene rings is 1. The molecule has 0 fully saturated rings. The molecule has 5 heteroatoms. The fourth-order valence-corrected chi connectivity index (χ4v) is 1.94. The van der Waals surface area contributed by atoms with Crippen LogP contribution < -0.4 is 0 Å². The molecule has 0 N–H and O–H groups in total. The molecular formula is C10H14FNO2S. The molecule has 0 atom stereocenters. The van der Waals surface area contributed by atoms with Crippen molar-refractivity contribution >= 4 is 10.0 Å². The number of rotatable bonds is 4. The van der Waals surface area contributed by atoms with Crippen molar-refractivity contribution < 1.29 is 12.8 Å². The molecule has 84 valence electrons. The lowest BCUT2D eigenvalue weighted by Gasteiger charge is -2.10. The maximum atomic E-state index is 12.6. The van der Waals surface area contributed by atoms with Crippen LogP contribution in [0.3, 0.4) is 0 Å². The van der Waals surface area contributed by atoms with Gasteiger partial charge in [0.1, 0.15) is 5.82 Å². The van der Waals surface area contributed by atoms with E-state index < -0.39 is 10.0 Å². The minimum Gasteiger partial charge on any atom is -0.212 e. The summed E-state index contributed by atoms with van der Waals surface area (Å²) < 4.78 is 36.6. The second-order valence-electron chi connectivity index (χ2n) is 3.47. The monoisotopic (exact) mass is 231 g/mol. The summed E-state index contributed by atoms with van der Waals surface area (Å²) >= 11 is 0. The summed E-state index contributed by atoms with van der Waals surface area (Å²) in [6, 6.07) is 5.86. The Morgan fingerprint density at radius 1 is 1.20 bits per heavy atom. The summed E-state index contributed by atoms with van der Waals surface area (Å²) in [5, 5.41) is 0. The minimum absolute atomic E-state index is 0.0473. The van der Waals surface area contributed by atoms with Crippen molar-refractivity contribution in [2.45, 2.75) is 6.42 Å². The Morgan fingerprint density at radius 3 is 2.20 bits per heavy atom. The van der Waals surface area contributed by atoms with Gasteiger partial charge in [-0.3, -0.25) is 0 Å². The first-order chi connectivity index (χ1) is 6.92. The van der Waals surface area contributed by atoms with Crippen molar-refractivity contribution in [3.8, 4) is 0 Å². The minimum atomic E-state index is -3.17. The van der Waals surface area contributed by atoms with E-state index in [1.54, 1.807) is 12.1 Å². The predicted molar refractivity (Wildman–Crippen MR) is 57.6 cm³/mol. The summed E-state index contributed by atoms with van der Waals surface area (Å²) in [6.45, 7) is 0. The van der Waals surface area contributed by atoms with E-state index in [4.69, 9.17) is 0 Å². The van der Waals surface area contributed by atoms with Crippen LogP contribution in [-0.2, 0) is 16.4 Å². The lowest BCUT2D eigenvalue weighted by molar-refractivity contribution is 0.520. The molecule has 0 unspecified atom stereocenters. The van der Waals surface area contributed by atoms with Crippen LogP contribution in [0.4, 0.5) is 4.39 Å². The zero-order valence-corrected chi connectivity index (χ0v) is 9.59. The summed E-state index contributed by atoms with van der Waals surface area (Å²) in [7, 11) is -0.167. The van der Waals surface area contributed by atoms with Crippen molar-refractivity contribution in [2.75, 3.05) is 19.8 Å². The van der Waals surface area contributed by atoms with E-state index in [9.17, 15) is 12.8 Å². The summed E-state index contributed by atoms with van der Waals surface area (Å²) in [5.74, 6) is -0.264. The van der Waals surface area contributed by atoms with Crippen LogP contribution in [0, 0.1) is 5.82 Å². The smallest absolute Gasteiger partial charge is 0.212 e. The number of halogens is 1. The van der Waals surface area contributed by atoms with E-state index in [1.165, 1.54) is 30.5 Å². The molecule has 0 bridgehead atoms. The number of nitrogens with zero attached hydrogens (tertiary/aromatic N) is 1. The van der Waals surface area contributed by atoms with Crippen molar-refractivity contribution in [2.24, 2.45) is 0 Å². The number of hydrogen-bond donors (Lipinski definition) is 0. The molecule has 0 saturated carbocycles. The van der Waals surface area contributed by atoms with Crippen LogP contribution in [0.2, 0.25) is 0 Å². The molecule has 0 spiro atoms. The second kappa shape index (κ2) is 4.72. The molecule has 0 radical (unpaired) electrons. The molecule has 0 heterocycles. The Hall–Kier alpha value is -0.940. The highest BCUT2D eigenvalue weighted by molar-refractivity contribution is 7.89. The highest BCUT2D eigenvalue weighted by atomic mass is 32.2. The van der Waals surface area contributed by atoms with E-state index in [-0.39, 0.29) is 11.6 Å². The normalized spacial score (nSPS) is 12.0. The predicted octanol–water partition coefficient (Wildman–Crippen LogP) is 1.26. The van der Waals surface area contributed by atoms with Gasteiger partial charge < -0.3 is 0 Å². The molecule has 15 heavy (non-hydrogen) atoms. The maximum Gasteiger partial charge on any atom is 0.213 e. The van der Waals surface area contributed by atoms with Gasteiger partial charge >= 0.3 is 0 Å². The van der Waals surface area contributed by atoms with Crippen molar-refractivity contribution in [3.63, 3.8) is 0 Å². The Balaban J connectivity index is 2.62. The SMILES string of the molecule is CN(C)S(=O)(=O)CCc1ccc(F)cc1. The average molecular weight is 231 g/mol. The Labute approximate surface area is 89.6 Å². The van der Waals surface area contributed by atoms with E-state index in [0.717, 1.165) is 5.56 Å². The quantitative estimate of drug-likeness (QED) is 0.782. The molecular weight excluding hydrogens is 217 g/mol. The lowest BCUT2D eigenvalue weighted by Crippen LogP contribution is -2.25. The Bertz CT molecular complexity index is 412. The molecule has 0 saturated heterocycles. The van der Waals surface area contributed by atoms with Crippen LogP contribution in [0.25, 0.3) is 0 Å². The zero-order valence-electron chi connectivity index (χ0n) is 8.77. The van der Waals surface area contributed by atoms with Gasteiger partial charge in [0, 0.05) is 14.1 Å². The van der Waals surface area contributed by atoms with Gasteiger partial charge in [-0.2, -0.15) is 0 Å². The van der Waals surface area contributed by atoms with Gasteiger partial charge in [0.2, 0.25) is 10.0 Å². The first-order valence-corrected chi connectivity index (χ1v) is 6.17. The van der Waals surface area contributed by atoms with E-state index in [0.29, 0.717) is 6.42 Å². The number of hydrogen-bond acceptors (Lipinski definition) is 2. The van der Waals surface area contributed by atoms with E-state index in [2.05, 4.69) is 0 Å². The summed E-state index contributed by atoms with van der Waals surface area (Å²) in [5.41, 5.74) is 0.821. The Kier molecular flexibility index (Phi) is 3.82. The number of sulfonamides is 1. The summed E-state index contributed by atoms with van der Waals surface area (Å²) in [6.07, 6.45) is 0.404. The Morgan fingerprint density at radius 2 is 1.73 bits per heavy atom. The van der Waals surface area contributed by atoms with Gasteiger partial charge in [-0.25, -0.2) is 17.1 Å².